The van der Waals surface area contributed by atoms with Crippen molar-refractivity contribution in [1.29, 1.82) is 0 Å². The van der Waals surface area contributed by atoms with Gasteiger partial charge in [-0.3, -0.25) is 9.78 Å². The second kappa shape index (κ2) is 9.62. The molecule has 180 valence electrons. The van der Waals surface area contributed by atoms with Crippen molar-refractivity contribution >= 4 is 28.8 Å². The number of halogens is 5. The minimum Gasteiger partial charge on any atom is -0.340 e. The standard InChI is InChI=1S/C24H22ClF4N3OS/c1-14-13-34-21(31-14)11-23(20-7-6-18(25)12-30-20,32-22(33)15-4-2-3-5-15)16-8-17(24(27,28)29)10-19(26)9-16/h6-10,12-13,15H,2-5,11H2,1H3,(H,32,33). The third-order valence-corrected chi connectivity index (χ3v) is 7.22. The van der Waals surface area contributed by atoms with E-state index >= 15 is 0 Å². The summed E-state index contributed by atoms with van der Waals surface area (Å²) in [7, 11) is 0. The smallest absolute Gasteiger partial charge is 0.340 e. The lowest BCUT2D eigenvalue weighted by Crippen LogP contribution is -2.51. The highest BCUT2D eigenvalue weighted by Crippen LogP contribution is 2.39. The lowest BCUT2D eigenvalue weighted by molar-refractivity contribution is -0.137. The van der Waals surface area contributed by atoms with Crippen LogP contribution in [0.4, 0.5) is 17.6 Å². The number of nitrogens with one attached hydrogen (secondary N) is 1. The Hall–Kier alpha value is -2.52. The van der Waals surface area contributed by atoms with E-state index in [4.69, 9.17) is 11.6 Å². The summed E-state index contributed by atoms with van der Waals surface area (Å²) in [6.07, 6.45) is -0.262. The molecule has 0 radical (unpaired) electrons. The molecule has 1 aliphatic carbocycles. The third-order valence-electron chi connectivity index (χ3n) is 6.03. The molecule has 1 atom stereocenters. The SMILES string of the molecule is Cc1csc(CC(NC(=O)C2CCCC2)(c2cc(F)cc(C(F)(F)F)c2)c2ccc(Cl)cn2)n1. The fourth-order valence-corrected chi connectivity index (χ4v) is 5.33. The third kappa shape index (κ3) is 5.25. The minimum absolute atomic E-state index is 0.000645. The first-order valence-corrected chi connectivity index (χ1v) is 12.1. The van der Waals surface area contributed by atoms with E-state index in [-0.39, 0.29) is 29.5 Å². The van der Waals surface area contributed by atoms with Gasteiger partial charge in [0.1, 0.15) is 11.4 Å². The molecule has 0 bridgehead atoms. The van der Waals surface area contributed by atoms with E-state index in [1.54, 1.807) is 12.3 Å². The van der Waals surface area contributed by atoms with Crippen molar-refractivity contribution in [3.8, 4) is 0 Å². The number of rotatable bonds is 6. The summed E-state index contributed by atoms with van der Waals surface area (Å²) < 4.78 is 55.5. The second-order valence-corrected chi connectivity index (χ2v) is 9.90. The van der Waals surface area contributed by atoms with Gasteiger partial charge < -0.3 is 5.32 Å². The maximum absolute atomic E-state index is 14.6. The van der Waals surface area contributed by atoms with Crippen LogP contribution in [0.3, 0.4) is 0 Å². The number of carbonyl (C=O) groups excluding carboxylic acids is 1. The zero-order chi connectivity index (χ0) is 24.5. The van der Waals surface area contributed by atoms with E-state index in [9.17, 15) is 22.4 Å². The van der Waals surface area contributed by atoms with Crippen molar-refractivity contribution in [2.45, 2.75) is 50.7 Å². The predicted octanol–water partition coefficient (Wildman–Crippen LogP) is 6.45. The molecule has 2 aromatic heterocycles. The fraction of sp³-hybridized carbons (Fsp3) is 0.375. The number of aryl methyl sites for hydroxylation is 1. The number of nitrogens with zero attached hydrogens (tertiary/aromatic N) is 2. The highest BCUT2D eigenvalue weighted by molar-refractivity contribution is 7.09. The van der Waals surface area contributed by atoms with Crippen molar-refractivity contribution in [1.82, 2.24) is 15.3 Å². The second-order valence-electron chi connectivity index (χ2n) is 8.52. The highest BCUT2D eigenvalue weighted by atomic mass is 35.5. The number of aromatic nitrogens is 2. The van der Waals surface area contributed by atoms with Crippen LogP contribution in [0.5, 0.6) is 0 Å². The van der Waals surface area contributed by atoms with Crippen LogP contribution in [0.2, 0.25) is 5.02 Å². The van der Waals surface area contributed by atoms with Gasteiger partial charge in [-0.15, -0.1) is 11.3 Å². The van der Waals surface area contributed by atoms with Crippen LogP contribution in [0.1, 0.15) is 53.2 Å². The zero-order valence-corrected chi connectivity index (χ0v) is 19.8. The van der Waals surface area contributed by atoms with E-state index < -0.39 is 23.1 Å². The summed E-state index contributed by atoms with van der Waals surface area (Å²) in [5.41, 5.74) is -1.82. The number of pyridine rings is 1. The van der Waals surface area contributed by atoms with E-state index in [2.05, 4.69) is 15.3 Å². The summed E-state index contributed by atoms with van der Waals surface area (Å²) in [5.74, 6) is -1.64. The lowest BCUT2D eigenvalue weighted by Gasteiger charge is -2.36. The Morgan fingerprint density at radius 3 is 2.47 bits per heavy atom. The molecule has 4 rings (SSSR count). The van der Waals surface area contributed by atoms with Crippen LogP contribution in [-0.4, -0.2) is 15.9 Å². The van der Waals surface area contributed by atoms with E-state index in [0.717, 1.165) is 30.7 Å². The van der Waals surface area contributed by atoms with Crippen LogP contribution < -0.4 is 5.32 Å². The number of carbonyl (C=O) groups is 1. The molecule has 34 heavy (non-hydrogen) atoms. The summed E-state index contributed by atoms with van der Waals surface area (Å²) in [6.45, 7) is 1.79. The maximum atomic E-state index is 14.6. The number of hydrogen-bond donors (Lipinski definition) is 1. The molecule has 0 saturated heterocycles. The van der Waals surface area contributed by atoms with Gasteiger partial charge in [0.2, 0.25) is 5.91 Å². The topological polar surface area (TPSA) is 54.9 Å². The van der Waals surface area contributed by atoms with Gasteiger partial charge in [-0.25, -0.2) is 9.37 Å². The van der Waals surface area contributed by atoms with Crippen LogP contribution >= 0.6 is 22.9 Å². The summed E-state index contributed by atoms with van der Waals surface area (Å²) in [6, 6.07) is 5.40. The van der Waals surface area contributed by atoms with Crippen LogP contribution in [-0.2, 0) is 22.9 Å². The molecular weight excluding hydrogens is 490 g/mol. The molecule has 0 aliphatic heterocycles. The van der Waals surface area contributed by atoms with Gasteiger partial charge in [-0.1, -0.05) is 24.4 Å². The highest BCUT2D eigenvalue weighted by Gasteiger charge is 2.42. The molecule has 0 spiro atoms. The monoisotopic (exact) mass is 511 g/mol. The van der Waals surface area contributed by atoms with E-state index in [0.29, 0.717) is 28.9 Å². The Morgan fingerprint density at radius 2 is 1.88 bits per heavy atom. The van der Waals surface area contributed by atoms with Crippen LogP contribution in [0, 0.1) is 18.7 Å². The Bertz CT molecular complexity index is 1180. The van der Waals surface area contributed by atoms with Gasteiger partial charge in [-0.05, 0) is 55.7 Å². The van der Waals surface area contributed by atoms with Crippen molar-refractivity contribution < 1.29 is 22.4 Å². The number of benzene rings is 1. The summed E-state index contributed by atoms with van der Waals surface area (Å²) >= 11 is 7.33. The molecule has 1 fully saturated rings. The number of thiazole rings is 1. The Kier molecular flexibility index (Phi) is 6.96. The number of hydrogen-bond acceptors (Lipinski definition) is 4. The Labute approximate surface area is 203 Å². The average Bonchev–Trinajstić information content (AvgIpc) is 3.45. The van der Waals surface area contributed by atoms with Crippen LogP contribution in [0.25, 0.3) is 0 Å². The number of alkyl halides is 3. The fourth-order valence-electron chi connectivity index (χ4n) is 4.36. The van der Waals surface area contributed by atoms with Crippen molar-refractivity contribution in [3.05, 3.63) is 80.3 Å². The van der Waals surface area contributed by atoms with Crippen molar-refractivity contribution in [3.63, 3.8) is 0 Å². The lowest BCUT2D eigenvalue weighted by atomic mass is 9.81. The van der Waals surface area contributed by atoms with Crippen molar-refractivity contribution in [2.75, 3.05) is 0 Å². The van der Waals surface area contributed by atoms with E-state index in [1.165, 1.54) is 29.7 Å². The molecule has 1 unspecified atom stereocenters. The zero-order valence-electron chi connectivity index (χ0n) is 18.3. The minimum atomic E-state index is -4.77. The Morgan fingerprint density at radius 1 is 1.18 bits per heavy atom. The van der Waals surface area contributed by atoms with Crippen molar-refractivity contribution in [2.24, 2.45) is 5.92 Å². The molecule has 1 aromatic carbocycles. The van der Waals surface area contributed by atoms with E-state index in [1.807, 2.05) is 0 Å². The van der Waals surface area contributed by atoms with Crippen LogP contribution in [0.15, 0.2) is 41.9 Å². The van der Waals surface area contributed by atoms with Gasteiger partial charge >= 0.3 is 6.18 Å². The molecule has 4 nitrogen and oxygen atoms in total. The molecule has 1 saturated carbocycles. The molecule has 3 aromatic rings. The van der Waals surface area contributed by atoms with Gasteiger partial charge in [0, 0.05) is 29.6 Å². The Balaban J connectivity index is 1.94. The largest absolute Gasteiger partial charge is 0.416 e. The first kappa shape index (κ1) is 24.6. The normalized spacial score (nSPS) is 16.4. The van der Waals surface area contributed by atoms with Gasteiger partial charge in [-0.2, -0.15) is 13.2 Å². The molecule has 1 amide bonds. The average molecular weight is 512 g/mol. The quantitative estimate of drug-likeness (QED) is 0.387. The molecule has 1 N–H and O–H groups in total. The molecule has 2 heterocycles. The first-order valence-electron chi connectivity index (χ1n) is 10.8. The molecular formula is C24H22ClF4N3OS. The van der Waals surface area contributed by atoms with Gasteiger partial charge in [0.15, 0.2) is 0 Å². The summed E-state index contributed by atoms with van der Waals surface area (Å²) in [4.78, 5) is 22.2. The van der Waals surface area contributed by atoms with Gasteiger partial charge in [0.25, 0.3) is 0 Å². The van der Waals surface area contributed by atoms with Gasteiger partial charge in [0.05, 0.1) is 21.3 Å². The molecule has 10 heteroatoms. The molecule has 1 aliphatic rings. The predicted molar refractivity (Wildman–Crippen MR) is 122 cm³/mol. The number of amides is 1. The maximum Gasteiger partial charge on any atom is 0.416 e. The summed E-state index contributed by atoms with van der Waals surface area (Å²) in [5, 5.41) is 5.67. The first-order chi connectivity index (χ1) is 16.1.